The van der Waals surface area contributed by atoms with Crippen LogP contribution in [0.15, 0.2) is 78.9 Å². The monoisotopic (exact) mass is 432 g/mol. The van der Waals surface area contributed by atoms with Crippen LogP contribution in [0, 0.1) is 23.0 Å². The summed E-state index contributed by atoms with van der Waals surface area (Å²) in [5.74, 6) is -0.612. The van der Waals surface area contributed by atoms with Crippen molar-refractivity contribution in [2.75, 3.05) is 26.2 Å². The number of piperidine rings is 1. The van der Waals surface area contributed by atoms with Gasteiger partial charge in [0.1, 0.15) is 17.7 Å². The summed E-state index contributed by atoms with van der Waals surface area (Å²) in [7, 11) is 0. The number of halogens is 2. The number of nitrogens with zero attached hydrogens (tertiary/aromatic N) is 2. The molecule has 0 N–H and O–H groups in total. The Morgan fingerprint density at radius 2 is 1.38 bits per heavy atom. The van der Waals surface area contributed by atoms with E-state index in [2.05, 4.69) is 11.0 Å². The lowest BCUT2D eigenvalue weighted by Gasteiger charge is -2.37. The van der Waals surface area contributed by atoms with Crippen molar-refractivity contribution in [3.8, 4) is 6.07 Å². The van der Waals surface area contributed by atoms with E-state index in [0.717, 1.165) is 49.2 Å². The number of benzene rings is 3. The summed E-state index contributed by atoms with van der Waals surface area (Å²) in [5, 5.41) is 9.87. The van der Waals surface area contributed by atoms with Crippen molar-refractivity contribution >= 4 is 0 Å². The van der Waals surface area contributed by atoms with Crippen LogP contribution < -0.4 is 0 Å². The van der Waals surface area contributed by atoms with E-state index in [1.807, 2.05) is 30.3 Å². The highest BCUT2D eigenvalue weighted by Crippen LogP contribution is 2.35. The molecule has 1 saturated heterocycles. The van der Waals surface area contributed by atoms with Crippen LogP contribution in [0.3, 0.4) is 0 Å². The SMILES string of the molecule is N#CC1(c2ccccc2)CCN(CCOC(c2ccc(F)cc2)c2ccc(F)cc2)CC1. The Morgan fingerprint density at radius 1 is 0.844 bits per heavy atom. The Morgan fingerprint density at radius 3 is 1.88 bits per heavy atom. The first kappa shape index (κ1) is 22.1. The predicted molar refractivity (Wildman–Crippen MR) is 120 cm³/mol. The van der Waals surface area contributed by atoms with Gasteiger partial charge in [-0.1, -0.05) is 54.6 Å². The molecule has 1 aliphatic heterocycles. The highest BCUT2D eigenvalue weighted by Gasteiger charge is 2.36. The predicted octanol–water partition coefficient (Wildman–Crippen LogP) is 5.63. The molecule has 0 atom stereocenters. The molecule has 0 aliphatic carbocycles. The van der Waals surface area contributed by atoms with E-state index in [0.29, 0.717) is 6.61 Å². The fraction of sp³-hybridized carbons (Fsp3) is 0.296. The Balaban J connectivity index is 1.38. The van der Waals surface area contributed by atoms with Gasteiger partial charge in [-0.3, -0.25) is 0 Å². The molecule has 1 aliphatic rings. The van der Waals surface area contributed by atoms with Crippen LogP contribution >= 0.6 is 0 Å². The fourth-order valence-corrected chi connectivity index (χ4v) is 4.34. The van der Waals surface area contributed by atoms with Gasteiger partial charge in [-0.25, -0.2) is 8.78 Å². The first-order valence-electron chi connectivity index (χ1n) is 10.9. The van der Waals surface area contributed by atoms with Crippen LogP contribution in [0.4, 0.5) is 8.78 Å². The van der Waals surface area contributed by atoms with Gasteiger partial charge in [-0.2, -0.15) is 5.26 Å². The van der Waals surface area contributed by atoms with E-state index in [9.17, 15) is 14.0 Å². The molecule has 0 amide bonds. The van der Waals surface area contributed by atoms with E-state index in [-0.39, 0.29) is 11.6 Å². The number of hydrogen-bond acceptors (Lipinski definition) is 3. The minimum atomic E-state index is -0.427. The van der Waals surface area contributed by atoms with Gasteiger partial charge < -0.3 is 9.64 Å². The molecule has 3 aromatic carbocycles. The molecule has 32 heavy (non-hydrogen) atoms. The highest BCUT2D eigenvalue weighted by molar-refractivity contribution is 5.33. The number of rotatable bonds is 7. The summed E-state index contributed by atoms with van der Waals surface area (Å²) in [6.45, 7) is 2.85. The van der Waals surface area contributed by atoms with Crippen LogP contribution in [0.5, 0.6) is 0 Å². The molecule has 0 bridgehead atoms. The van der Waals surface area contributed by atoms with Gasteiger partial charge in [0.2, 0.25) is 0 Å². The lowest BCUT2D eigenvalue weighted by Crippen LogP contribution is -2.43. The first-order chi connectivity index (χ1) is 15.6. The Kier molecular flexibility index (Phi) is 6.94. The Bertz CT molecular complexity index is 992. The normalized spacial score (nSPS) is 16.1. The van der Waals surface area contributed by atoms with Gasteiger partial charge in [-0.05, 0) is 53.8 Å². The smallest absolute Gasteiger partial charge is 0.123 e. The maximum atomic E-state index is 13.4. The lowest BCUT2D eigenvalue weighted by molar-refractivity contribution is 0.0515. The quantitative estimate of drug-likeness (QED) is 0.486. The maximum Gasteiger partial charge on any atom is 0.123 e. The fourth-order valence-electron chi connectivity index (χ4n) is 4.34. The first-order valence-corrected chi connectivity index (χ1v) is 10.9. The number of nitriles is 1. The molecule has 0 radical (unpaired) electrons. The van der Waals surface area contributed by atoms with Crippen LogP contribution in [0.2, 0.25) is 0 Å². The zero-order valence-corrected chi connectivity index (χ0v) is 17.9. The molecule has 0 aromatic heterocycles. The largest absolute Gasteiger partial charge is 0.367 e. The van der Waals surface area contributed by atoms with Crippen molar-refractivity contribution in [1.82, 2.24) is 4.90 Å². The number of ether oxygens (including phenoxy) is 1. The van der Waals surface area contributed by atoms with E-state index < -0.39 is 11.5 Å². The third kappa shape index (κ3) is 5.04. The summed E-state index contributed by atoms with van der Waals surface area (Å²) < 4.78 is 33.0. The topological polar surface area (TPSA) is 36.3 Å². The molecule has 4 rings (SSSR count). The van der Waals surface area contributed by atoms with Gasteiger partial charge in [-0.15, -0.1) is 0 Å². The van der Waals surface area contributed by atoms with Crippen molar-refractivity contribution in [2.24, 2.45) is 0 Å². The van der Waals surface area contributed by atoms with Crippen LogP contribution in [0.25, 0.3) is 0 Å². The Labute approximate surface area is 187 Å². The van der Waals surface area contributed by atoms with Gasteiger partial charge in [0.05, 0.1) is 18.1 Å². The molecule has 0 saturated carbocycles. The minimum Gasteiger partial charge on any atom is -0.367 e. The van der Waals surface area contributed by atoms with E-state index in [4.69, 9.17) is 4.74 Å². The molecule has 3 nitrogen and oxygen atoms in total. The van der Waals surface area contributed by atoms with E-state index in [1.165, 1.54) is 24.3 Å². The minimum absolute atomic E-state index is 0.306. The number of likely N-dealkylation sites (tertiary alicyclic amines) is 1. The Hall–Kier alpha value is -3.07. The molecule has 1 heterocycles. The third-order valence-electron chi connectivity index (χ3n) is 6.29. The molecule has 164 valence electrons. The maximum absolute atomic E-state index is 13.4. The van der Waals surface area contributed by atoms with Gasteiger partial charge >= 0.3 is 0 Å². The second-order valence-corrected chi connectivity index (χ2v) is 8.26. The lowest BCUT2D eigenvalue weighted by atomic mass is 9.74. The van der Waals surface area contributed by atoms with Crippen LogP contribution in [0.1, 0.15) is 35.6 Å². The van der Waals surface area contributed by atoms with E-state index in [1.54, 1.807) is 24.3 Å². The molecule has 3 aromatic rings. The zero-order chi connectivity index (χ0) is 22.4. The van der Waals surface area contributed by atoms with Gasteiger partial charge in [0, 0.05) is 19.6 Å². The van der Waals surface area contributed by atoms with Crippen molar-refractivity contribution < 1.29 is 13.5 Å². The van der Waals surface area contributed by atoms with E-state index >= 15 is 0 Å². The standard InChI is InChI=1S/C27H26F2N2O/c28-24-10-6-21(7-11-24)26(22-8-12-25(29)13-9-22)32-19-18-31-16-14-27(20-30,15-17-31)23-4-2-1-3-5-23/h1-13,26H,14-19H2. The summed E-state index contributed by atoms with van der Waals surface area (Å²) in [6.07, 6.45) is 1.17. The second kappa shape index (κ2) is 10.0. The summed E-state index contributed by atoms with van der Waals surface area (Å²) >= 11 is 0. The van der Waals surface area contributed by atoms with Crippen molar-refractivity contribution in [3.63, 3.8) is 0 Å². The molecule has 1 fully saturated rings. The van der Waals surface area contributed by atoms with Crippen LogP contribution in [-0.2, 0) is 10.2 Å². The average molecular weight is 433 g/mol. The third-order valence-corrected chi connectivity index (χ3v) is 6.29. The second-order valence-electron chi connectivity index (χ2n) is 8.26. The van der Waals surface area contributed by atoms with Crippen LogP contribution in [-0.4, -0.2) is 31.1 Å². The summed E-state index contributed by atoms with van der Waals surface area (Å²) in [4.78, 5) is 2.31. The van der Waals surface area contributed by atoms with Crippen molar-refractivity contribution in [3.05, 3.63) is 107 Å². The molecular formula is C27H26F2N2O. The van der Waals surface area contributed by atoms with Gasteiger partial charge in [0.15, 0.2) is 0 Å². The molecular weight excluding hydrogens is 406 g/mol. The van der Waals surface area contributed by atoms with Gasteiger partial charge in [0.25, 0.3) is 0 Å². The molecule has 0 spiro atoms. The summed E-state index contributed by atoms with van der Waals surface area (Å²) in [5.41, 5.74) is 2.31. The zero-order valence-electron chi connectivity index (χ0n) is 17.9. The van der Waals surface area contributed by atoms with Crippen molar-refractivity contribution in [1.29, 1.82) is 5.26 Å². The highest BCUT2D eigenvalue weighted by atomic mass is 19.1. The summed E-state index contributed by atoms with van der Waals surface area (Å²) in [6, 6.07) is 25.0. The number of hydrogen-bond donors (Lipinski definition) is 0. The average Bonchev–Trinajstić information content (AvgIpc) is 2.84. The molecule has 0 unspecified atom stereocenters. The molecule has 5 heteroatoms. The van der Waals surface area contributed by atoms with Crippen molar-refractivity contribution in [2.45, 2.75) is 24.4 Å².